The number of rotatable bonds is 4. The van der Waals surface area contributed by atoms with E-state index in [4.69, 9.17) is 4.74 Å². The predicted octanol–water partition coefficient (Wildman–Crippen LogP) is 1.69. The number of nitriles is 1. The van der Waals surface area contributed by atoms with E-state index < -0.39 is 5.41 Å². The zero-order chi connectivity index (χ0) is 15.1. The van der Waals surface area contributed by atoms with Crippen LogP contribution in [0, 0.1) is 16.7 Å². The lowest BCUT2D eigenvalue weighted by atomic mass is 9.81. The molecule has 0 aromatic heterocycles. The molecule has 1 saturated carbocycles. The summed E-state index contributed by atoms with van der Waals surface area (Å²) in [6.07, 6.45) is 5.66. The minimum absolute atomic E-state index is 0.0455. The fourth-order valence-corrected chi connectivity index (χ4v) is 3.29. The van der Waals surface area contributed by atoms with Crippen molar-refractivity contribution in [2.75, 3.05) is 32.8 Å². The number of amides is 1. The van der Waals surface area contributed by atoms with E-state index in [-0.39, 0.29) is 12.0 Å². The summed E-state index contributed by atoms with van der Waals surface area (Å²) in [4.78, 5) is 14.8. The number of carbonyl (C=O) groups excluding carboxylic acids is 1. The molecular weight excluding hydrogens is 266 g/mol. The third-order valence-corrected chi connectivity index (χ3v) is 4.77. The number of carbonyl (C=O) groups is 1. The van der Waals surface area contributed by atoms with E-state index in [1.807, 2.05) is 0 Å². The van der Waals surface area contributed by atoms with E-state index in [0.29, 0.717) is 19.4 Å². The Morgan fingerprint density at radius 2 is 2.10 bits per heavy atom. The largest absolute Gasteiger partial charge is 0.374 e. The van der Waals surface area contributed by atoms with Gasteiger partial charge in [-0.15, -0.1) is 0 Å². The van der Waals surface area contributed by atoms with Gasteiger partial charge in [-0.3, -0.25) is 9.69 Å². The van der Waals surface area contributed by atoms with Crippen LogP contribution in [-0.4, -0.2) is 49.7 Å². The molecule has 1 aliphatic heterocycles. The predicted molar refractivity (Wildman–Crippen MR) is 80.6 cm³/mol. The fourth-order valence-electron chi connectivity index (χ4n) is 3.29. The van der Waals surface area contributed by atoms with Crippen LogP contribution in [0.3, 0.4) is 0 Å². The quantitative estimate of drug-likeness (QED) is 0.801. The summed E-state index contributed by atoms with van der Waals surface area (Å²) in [5, 5.41) is 12.5. The Bertz CT molecular complexity index is 383. The van der Waals surface area contributed by atoms with E-state index in [0.717, 1.165) is 51.9 Å². The van der Waals surface area contributed by atoms with Crippen LogP contribution in [0.15, 0.2) is 0 Å². The molecule has 2 fully saturated rings. The molecule has 21 heavy (non-hydrogen) atoms. The molecule has 118 valence electrons. The molecule has 0 bridgehead atoms. The Hall–Kier alpha value is -1.12. The number of hydrogen-bond donors (Lipinski definition) is 1. The zero-order valence-electron chi connectivity index (χ0n) is 13.1. The van der Waals surface area contributed by atoms with E-state index >= 15 is 0 Å². The summed E-state index contributed by atoms with van der Waals surface area (Å²) in [6.45, 7) is 6.20. The van der Waals surface area contributed by atoms with Gasteiger partial charge in [-0.1, -0.05) is 32.6 Å². The topological polar surface area (TPSA) is 65.4 Å². The number of hydrogen-bond acceptors (Lipinski definition) is 4. The van der Waals surface area contributed by atoms with Gasteiger partial charge in [-0.25, -0.2) is 0 Å². The average Bonchev–Trinajstić information content (AvgIpc) is 2.79. The van der Waals surface area contributed by atoms with E-state index in [1.54, 1.807) is 0 Å². The molecule has 0 radical (unpaired) electrons. The Balaban J connectivity index is 1.86. The van der Waals surface area contributed by atoms with E-state index in [9.17, 15) is 10.1 Å². The van der Waals surface area contributed by atoms with Gasteiger partial charge < -0.3 is 10.1 Å². The highest BCUT2D eigenvalue weighted by molar-refractivity contribution is 5.85. The third-order valence-electron chi connectivity index (χ3n) is 4.77. The van der Waals surface area contributed by atoms with Crippen LogP contribution in [0.1, 0.15) is 45.4 Å². The molecule has 0 aromatic carbocycles. The third kappa shape index (κ3) is 4.18. The van der Waals surface area contributed by atoms with Gasteiger partial charge in [0.2, 0.25) is 5.91 Å². The maximum absolute atomic E-state index is 12.5. The molecule has 1 aliphatic carbocycles. The normalized spacial score (nSPS) is 26.6. The summed E-state index contributed by atoms with van der Waals surface area (Å²) in [6, 6.07) is 2.30. The first-order valence-corrected chi connectivity index (χ1v) is 8.24. The van der Waals surface area contributed by atoms with Crippen molar-refractivity contribution in [1.29, 1.82) is 5.26 Å². The molecule has 1 heterocycles. The summed E-state index contributed by atoms with van der Waals surface area (Å²) in [5.74, 6) is -0.0934. The van der Waals surface area contributed by atoms with Crippen LogP contribution < -0.4 is 5.32 Å². The standard InChI is InChI=1S/C16H27N3O2/c1-2-19-9-10-21-14(12-19)11-18-15(20)16(13-17)7-5-3-4-6-8-16/h14H,2-12H2,1H3,(H,18,20). The monoisotopic (exact) mass is 293 g/mol. The van der Waals surface area contributed by atoms with Crippen LogP contribution in [-0.2, 0) is 9.53 Å². The SMILES string of the molecule is CCN1CCOC(CNC(=O)C2(C#N)CCCCCC2)C1. The van der Waals surface area contributed by atoms with Crippen molar-refractivity contribution in [2.45, 2.75) is 51.6 Å². The lowest BCUT2D eigenvalue weighted by Gasteiger charge is -2.33. The highest BCUT2D eigenvalue weighted by atomic mass is 16.5. The Morgan fingerprint density at radius 1 is 1.38 bits per heavy atom. The van der Waals surface area contributed by atoms with Crippen molar-refractivity contribution in [3.8, 4) is 6.07 Å². The molecule has 1 saturated heterocycles. The fraction of sp³-hybridized carbons (Fsp3) is 0.875. The summed E-state index contributed by atoms with van der Waals surface area (Å²) in [5.41, 5.74) is -0.810. The number of morpholine rings is 1. The van der Waals surface area contributed by atoms with Crippen molar-refractivity contribution in [3.63, 3.8) is 0 Å². The maximum atomic E-state index is 12.5. The van der Waals surface area contributed by atoms with Crippen LogP contribution >= 0.6 is 0 Å². The molecule has 1 unspecified atom stereocenters. The first-order chi connectivity index (χ1) is 10.2. The lowest BCUT2D eigenvalue weighted by molar-refractivity contribution is -0.130. The Labute approximate surface area is 127 Å². The van der Waals surface area contributed by atoms with E-state index in [2.05, 4.69) is 23.2 Å². The van der Waals surface area contributed by atoms with Crippen molar-refractivity contribution in [2.24, 2.45) is 5.41 Å². The lowest BCUT2D eigenvalue weighted by Crippen LogP contribution is -2.49. The molecule has 0 spiro atoms. The van der Waals surface area contributed by atoms with Gasteiger partial charge in [0.15, 0.2) is 0 Å². The van der Waals surface area contributed by atoms with Gasteiger partial charge in [0, 0.05) is 19.6 Å². The minimum atomic E-state index is -0.810. The zero-order valence-corrected chi connectivity index (χ0v) is 13.1. The van der Waals surface area contributed by atoms with Crippen molar-refractivity contribution in [3.05, 3.63) is 0 Å². The molecule has 1 amide bonds. The van der Waals surface area contributed by atoms with Crippen molar-refractivity contribution >= 4 is 5.91 Å². The van der Waals surface area contributed by atoms with Gasteiger partial charge in [-0.05, 0) is 19.4 Å². The van der Waals surface area contributed by atoms with Crippen LogP contribution in [0.25, 0.3) is 0 Å². The van der Waals surface area contributed by atoms with Crippen LogP contribution in [0.2, 0.25) is 0 Å². The summed E-state index contributed by atoms with van der Waals surface area (Å²) >= 11 is 0. The maximum Gasteiger partial charge on any atom is 0.240 e. The second-order valence-corrected chi connectivity index (χ2v) is 6.20. The number of nitrogens with one attached hydrogen (secondary N) is 1. The molecule has 5 nitrogen and oxygen atoms in total. The van der Waals surface area contributed by atoms with Gasteiger partial charge in [0.1, 0.15) is 5.41 Å². The number of nitrogens with zero attached hydrogens (tertiary/aromatic N) is 2. The van der Waals surface area contributed by atoms with E-state index in [1.165, 1.54) is 0 Å². The van der Waals surface area contributed by atoms with Crippen LogP contribution in [0.4, 0.5) is 0 Å². The van der Waals surface area contributed by atoms with Gasteiger partial charge in [0.25, 0.3) is 0 Å². The van der Waals surface area contributed by atoms with Gasteiger partial charge >= 0.3 is 0 Å². The first kappa shape index (κ1) is 16.3. The van der Waals surface area contributed by atoms with Crippen molar-refractivity contribution < 1.29 is 9.53 Å². The summed E-state index contributed by atoms with van der Waals surface area (Å²) in [7, 11) is 0. The second-order valence-electron chi connectivity index (χ2n) is 6.20. The highest BCUT2D eigenvalue weighted by Gasteiger charge is 2.39. The Kier molecular flexibility index (Phi) is 6.01. The van der Waals surface area contributed by atoms with Gasteiger partial charge in [-0.2, -0.15) is 5.26 Å². The van der Waals surface area contributed by atoms with Crippen LogP contribution in [0.5, 0.6) is 0 Å². The summed E-state index contributed by atoms with van der Waals surface area (Å²) < 4.78 is 5.70. The molecule has 2 aliphatic rings. The highest BCUT2D eigenvalue weighted by Crippen LogP contribution is 2.34. The molecular formula is C16H27N3O2. The number of ether oxygens (including phenoxy) is 1. The second kappa shape index (κ2) is 7.77. The Morgan fingerprint density at radius 3 is 2.71 bits per heavy atom. The molecule has 0 aromatic rings. The number of likely N-dealkylation sites (N-methyl/N-ethyl adjacent to an activating group) is 1. The van der Waals surface area contributed by atoms with Crippen molar-refractivity contribution in [1.82, 2.24) is 10.2 Å². The molecule has 1 N–H and O–H groups in total. The first-order valence-electron chi connectivity index (χ1n) is 8.24. The molecule has 5 heteroatoms. The van der Waals surface area contributed by atoms with Gasteiger partial charge in [0.05, 0.1) is 18.8 Å². The average molecular weight is 293 g/mol. The smallest absolute Gasteiger partial charge is 0.240 e. The molecule has 1 atom stereocenters. The minimum Gasteiger partial charge on any atom is -0.374 e. The molecule has 2 rings (SSSR count).